The van der Waals surface area contributed by atoms with Crippen LogP contribution in [0.5, 0.6) is 5.75 Å². The Kier molecular flexibility index (Phi) is 3.74. The van der Waals surface area contributed by atoms with Gasteiger partial charge >= 0.3 is 0 Å². The van der Waals surface area contributed by atoms with Crippen molar-refractivity contribution < 1.29 is 4.74 Å². The van der Waals surface area contributed by atoms with Crippen molar-refractivity contribution in [3.8, 4) is 5.75 Å². The molecule has 1 heterocycles. The summed E-state index contributed by atoms with van der Waals surface area (Å²) in [5, 5.41) is 3.24. The molecular weight excluding hydrogens is 228 g/mol. The highest BCUT2D eigenvalue weighted by Crippen LogP contribution is 2.23. The molecule has 0 amide bonds. The van der Waals surface area contributed by atoms with Gasteiger partial charge < -0.3 is 15.8 Å². The van der Waals surface area contributed by atoms with Crippen molar-refractivity contribution in [3.63, 3.8) is 0 Å². The summed E-state index contributed by atoms with van der Waals surface area (Å²) in [7, 11) is 1.65. The Morgan fingerprint density at radius 2 is 2.17 bits per heavy atom. The Hall–Kier alpha value is -2.14. The van der Waals surface area contributed by atoms with E-state index in [1.165, 1.54) is 0 Å². The highest BCUT2D eigenvalue weighted by Gasteiger charge is 2.02. The number of nitrogens with one attached hydrogen (secondary N) is 1. The van der Waals surface area contributed by atoms with Crippen LogP contribution in [0, 0.1) is 6.92 Å². The lowest BCUT2D eigenvalue weighted by Gasteiger charge is -2.10. The van der Waals surface area contributed by atoms with Crippen molar-refractivity contribution in [3.05, 3.63) is 41.9 Å². The average molecular weight is 244 g/mol. The molecule has 0 saturated heterocycles. The van der Waals surface area contributed by atoms with Crippen LogP contribution in [-0.2, 0) is 6.54 Å². The molecular formula is C13H16N4O. The Morgan fingerprint density at radius 1 is 1.33 bits per heavy atom. The molecule has 0 atom stereocenters. The molecule has 1 aromatic carbocycles. The van der Waals surface area contributed by atoms with Crippen LogP contribution in [-0.4, -0.2) is 17.1 Å². The van der Waals surface area contributed by atoms with Crippen LogP contribution in [0.1, 0.15) is 11.4 Å². The molecule has 3 N–H and O–H groups in total. The van der Waals surface area contributed by atoms with E-state index in [0.29, 0.717) is 12.4 Å². The van der Waals surface area contributed by atoms with E-state index in [1.54, 1.807) is 13.3 Å². The number of ether oxygens (including phenoxy) is 1. The monoisotopic (exact) mass is 244 g/mol. The second-order valence-corrected chi connectivity index (χ2v) is 3.87. The summed E-state index contributed by atoms with van der Waals surface area (Å²) >= 11 is 0. The third kappa shape index (κ3) is 2.75. The summed E-state index contributed by atoms with van der Waals surface area (Å²) < 4.78 is 5.17. The van der Waals surface area contributed by atoms with Gasteiger partial charge in [0.25, 0.3) is 0 Å². The maximum absolute atomic E-state index is 5.51. The first-order valence-corrected chi connectivity index (χ1v) is 5.66. The number of benzene rings is 1. The number of hydrogen-bond acceptors (Lipinski definition) is 5. The number of hydrogen-bond donors (Lipinski definition) is 2. The topological polar surface area (TPSA) is 73.1 Å². The Morgan fingerprint density at radius 3 is 2.83 bits per heavy atom. The van der Waals surface area contributed by atoms with Crippen molar-refractivity contribution in [2.75, 3.05) is 12.4 Å². The van der Waals surface area contributed by atoms with Crippen molar-refractivity contribution in [1.29, 1.82) is 0 Å². The zero-order valence-corrected chi connectivity index (χ0v) is 10.5. The number of aromatic nitrogens is 2. The molecule has 1 aromatic heterocycles. The highest BCUT2D eigenvalue weighted by molar-refractivity contribution is 5.61. The van der Waals surface area contributed by atoms with Crippen LogP contribution in [0.3, 0.4) is 0 Å². The minimum atomic E-state index is 0.330. The second-order valence-electron chi connectivity index (χ2n) is 3.87. The summed E-state index contributed by atoms with van der Waals surface area (Å²) in [4.78, 5) is 8.34. The third-order valence-corrected chi connectivity index (χ3v) is 2.58. The normalized spacial score (nSPS) is 10.2. The fourth-order valence-corrected chi connectivity index (χ4v) is 1.61. The Bertz CT molecular complexity index is 542. The van der Waals surface area contributed by atoms with Gasteiger partial charge in [-0.15, -0.1) is 0 Å². The van der Waals surface area contributed by atoms with Gasteiger partial charge in [-0.25, -0.2) is 9.97 Å². The minimum Gasteiger partial charge on any atom is -0.497 e. The van der Waals surface area contributed by atoms with Crippen LogP contribution in [0.2, 0.25) is 0 Å². The molecule has 5 nitrogen and oxygen atoms in total. The van der Waals surface area contributed by atoms with Crippen molar-refractivity contribution >= 4 is 11.5 Å². The molecule has 0 aliphatic carbocycles. The van der Waals surface area contributed by atoms with E-state index in [4.69, 9.17) is 10.5 Å². The number of anilines is 2. The summed E-state index contributed by atoms with van der Waals surface area (Å²) in [6.45, 7) is 2.34. The van der Waals surface area contributed by atoms with Crippen LogP contribution in [0.4, 0.5) is 11.5 Å². The largest absolute Gasteiger partial charge is 0.497 e. The standard InChI is InChI=1S/C13H16N4O/c1-9-7-10(18-2)3-4-11(9)16-12-5-6-15-13(8-14)17-12/h3-7H,8,14H2,1-2H3,(H,15,16,17). The van der Waals surface area contributed by atoms with E-state index < -0.39 is 0 Å². The van der Waals surface area contributed by atoms with Crippen LogP contribution < -0.4 is 15.8 Å². The minimum absolute atomic E-state index is 0.330. The van der Waals surface area contributed by atoms with Gasteiger partial charge in [0, 0.05) is 11.9 Å². The third-order valence-electron chi connectivity index (χ3n) is 2.58. The first kappa shape index (κ1) is 12.3. The zero-order chi connectivity index (χ0) is 13.0. The molecule has 0 saturated carbocycles. The van der Waals surface area contributed by atoms with Crippen LogP contribution >= 0.6 is 0 Å². The first-order valence-electron chi connectivity index (χ1n) is 5.66. The number of rotatable bonds is 4. The Balaban J connectivity index is 2.22. The van der Waals surface area contributed by atoms with E-state index in [0.717, 1.165) is 22.8 Å². The molecule has 2 aromatic rings. The van der Waals surface area contributed by atoms with E-state index in [-0.39, 0.29) is 0 Å². The lowest BCUT2D eigenvalue weighted by Crippen LogP contribution is -2.05. The second kappa shape index (κ2) is 5.46. The molecule has 0 fully saturated rings. The van der Waals surface area contributed by atoms with Gasteiger partial charge in [-0.05, 0) is 36.8 Å². The number of nitrogens with two attached hydrogens (primary N) is 1. The summed E-state index contributed by atoms with van der Waals surface area (Å²) in [6.07, 6.45) is 1.69. The van der Waals surface area contributed by atoms with Gasteiger partial charge in [0.05, 0.1) is 13.7 Å². The molecule has 94 valence electrons. The van der Waals surface area contributed by atoms with Crippen molar-refractivity contribution in [1.82, 2.24) is 9.97 Å². The SMILES string of the molecule is COc1ccc(Nc2ccnc(CN)n2)c(C)c1. The predicted molar refractivity (Wildman–Crippen MR) is 70.9 cm³/mol. The van der Waals surface area contributed by atoms with Gasteiger partial charge in [-0.2, -0.15) is 0 Å². The summed E-state index contributed by atoms with van der Waals surface area (Å²) in [5.41, 5.74) is 7.58. The van der Waals surface area contributed by atoms with E-state index in [2.05, 4.69) is 15.3 Å². The van der Waals surface area contributed by atoms with Gasteiger partial charge in [0.15, 0.2) is 0 Å². The van der Waals surface area contributed by atoms with Gasteiger partial charge in [0.1, 0.15) is 17.4 Å². The number of aryl methyl sites for hydroxylation is 1. The van der Waals surface area contributed by atoms with Gasteiger partial charge in [-0.1, -0.05) is 0 Å². The highest BCUT2D eigenvalue weighted by atomic mass is 16.5. The number of methoxy groups -OCH3 is 1. The van der Waals surface area contributed by atoms with Crippen molar-refractivity contribution in [2.45, 2.75) is 13.5 Å². The predicted octanol–water partition coefficient (Wildman–Crippen LogP) is 2.00. The molecule has 0 spiro atoms. The molecule has 0 unspecified atom stereocenters. The van der Waals surface area contributed by atoms with Gasteiger partial charge in [0.2, 0.25) is 0 Å². The maximum Gasteiger partial charge on any atom is 0.144 e. The summed E-state index contributed by atoms with van der Waals surface area (Å²) in [6, 6.07) is 7.63. The fourth-order valence-electron chi connectivity index (χ4n) is 1.61. The molecule has 0 aliphatic rings. The smallest absolute Gasteiger partial charge is 0.144 e. The van der Waals surface area contributed by atoms with Gasteiger partial charge in [-0.3, -0.25) is 0 Å². The van der Waals surface area contributed by atoms with E-state index >= 15 is 0 Å². The average Bonchev–Trinajstić information content (AvgIpc) is 2.41. The molecule has 0 aliphatic heterocycles. The van der Waals surface area contributed by atoms with Crippen LogP contribution in [0.25, 0.3) is 0 Å². The zero-order valence-electron chi connectivity index (χ0n) is 10.5. The van der Waals surface area contributed by atoms with Crippen LogP contribution in [0.15, 0.2) is 30.5 Å². The maximum atomic E-state index is 5.51. The fraction of sp³-hybridized carbons (Fsp3) is 0.231. The quantitative estimate of drug-likeness (QED) is 0.860. The molecule has 0 radical (unpaired) electrons. The first-order chi connectivity index (χ1) is 8.72. The lowest BCUT2D eigenvalue weighted by molar-refractivity contribution is 0.414. The summed E-state index contributed by atoms with van der Waals surface area (Å²) in [5.74, 6) is 2.19. The Labute approximate surface area is 106 Å². The molecule has 5 heteroatoms. The molecule has 18 heavy (non-hydrogen) atoms. The molecule has 0 bridgehead atoms. The van der Waals surface area contributed by atoms with E-state index in [9.17, 15) is 0 Å². The molecule has 2 rings (SSSR count). The lowest BCUT2D eigenvalue weighted by atomic mass is 10.2. The number of nitrogens with zero attached hydrogens (tertiary/aromatic N) is 2. The van der Waals surface area contributed by atoms with E-state index in [1.807, 2.05) is 31.2 Å². The van der Waals surface area contributed by atoms with Crippen molar-refractivity contribution in [2.24, 2.45) is 5.73 Å².